The van der Waals surface area contributed by atoms with Gasteiger partial charge < -0.3 is 5.11 Å². The molecule has 0 bridgehead atoms. The van der Waals surface area contributed by atoms with Gasteiger partial charge in [0.25, 0.3) is 0 Å². The zero-order chi connectivity index (χ0) is 17.2. The van der Waals surface area contributed by atoms with Gasteiger partial charge in [-0.25, -0.2) is 0 Å². The fraction of sp³-hybridized carbons (Fsp3) is 1.00. The van der Waals surface area contributed by atoms with E-state index >= 15 is 0 Å². The molecule has 0 aromatic heterocycles. The molecule has 0 aliphatic heterocycles. The Balaban J connectivity index is 3.05. The second kappa shape index (κ2) is 16.8. The number of rotatable bonds is 18. The third-order valence-electron chi connectivity index (χ3n) is 5.14. The van der Waals surface area contributed by atoms with Crippen LogP contribution in [0.15, 0.2) is 0 Å². The lowest BCUT2D eigenvalue weighted by Gasteiger charge is -2.20. The Hall–Kier alpha value is -0.0400. The Labute approximate surface area is 147 Å². The van der Waals surface area contributed by atoms with Crippen molar-refractivity contribution in [1.82, 2.24) is 0 Å². The van der Waals surface area contributed by atoms with Gasteiger partial charge in [-0.3, -0.25) is 0 Å². The van der Waals surface area contributed by atoms with E-state index < -0.39 is 0 Å². The van der Waals surface area contributed by atoms with Crippen LogP contribution in [0, 0.1) is 5.41 Å². The topological polar surface area (TPSA) is 20.2 Å². The van der Waals surface area contributed by atoms with Gasteiger partial charge in [-0.1, -0.05) is 124 Å². The molecule has 0 atom stereocenters. The van der Waals surface area contributed by atoms with E-state index in [4.69, 9.17) is 0 Å². The predicted octanol–water partition coefficient (Wildman–Crippen LogP) is 7.66. The van der Waals surface area contributed by atoms with E-state index in [0.717, 1.165) is 0 Å². The van der Waals surface area contributed by atoms with Crippen molar-refractivity contribution in [3.63, 3.8) is 0 Å². The van der Waals surface area contributed by atoms with Crippen molar-refractivity contribution < 1.29 is 5.11 Å². The van der Waals surface area contributed by atoms with Gasteiger partial charge in [0.1, 0.15) is 0 Å². The third kappa shape index (κ3) is 18.1. The molecule has 1 nitrogen and oxygen atoms in total. The highest BCUT2D eigenvalue weighted by Gasteiger charge is 2.14. The van der Waals surface area contributed by atoms with Gasteiger partial charge in [-0.2, -0.15) is 0 Å². The monoisotopic (exact) mass is 326 g/mol. The molecule has 0 saturated heterocycles. The van der Waals surface area contributed by atoms with E-state index in [1.807, 2.05) is 0 Å². The highest BCUT2D eigenvalue weighted by Crippen LogP contribution is 2.23. The maximum atomic E-state index is 9.22. The van der Waals surface area contributed by atoms with Crippen LogP contribution < -0.4 is 0 Å². The summed E-state index contributed by atoms with van der Waals surface area (Å²) in [4.78, 5) is 0. The summed E-state index contributed by atoms with van der Waals surface area (Å²) < 4.78 is 0. The molecule has 0 saturated carbocycles. The summed E-state index contributed by atoms with van der Waals surface area (Å²) in [6.45, 7) is 6.94. The number of unbranched alkanes of at least 4 members (excludes halogenated alkanes) is 15. The molecule has 0 heterocycles. The van der Waals surface area contributed by atoms with Crippen molar-refractivity contribution in [2.45, 2.75) is 130 Å². The maximum absolute atomic E-state index is 9.22. The Bertz CT molecular complexity index is 222. The van der Waals surface area contributed by atoms with Crippen LogP contribution in [-0.4, -0.2) is 11.7 Å². The second-order valence-electron chi connectivity index (χ2n) is 8.38. The van der Waals surface area contributed by atoms with Crippen LogP contribution in [0.5, 0.6) is 0 Å². The minimum absolute atomic E-state index is 0.135. The first-order valence-electron chi connectivity index (χ1n) is 10.7. The van der Waals surface area contributed by atoms with Crippen molar-refractivity contribution in [3.8, 4) is 0 Å². The quantitative estimate of drug-likeness (QED) is 0.256. The van der Waals surface area contributed by atoms with E-state index in [9.17, 15) is 5.11 Å². The lowest BCUT2D eigenvalue weighted by Crippen LogP contribution is -2.16. The highest BCUT2D eigenvalue weighted by atomic mass is 16.3. The lowest BCUT2D eigenvalue weighted by atomic mass is 9.88. The Morgan fingerprint density at radius 3 is 1.13 bits per heavy atom. The molecule has 0 radical (unpaired) electrons. The number of hydrogen-bond donors (Lipinski definition) is 1. The van der Waals surface area contributed by atoms with Gasteiger partial charge in [0.05, 0.1) is 0 Å². The first-order valence-corrected chi connectivity index (χ1v) is 10.7. The molecule has 0 amide bonds. The maximum Gasteiger partial charge on any atom is 0.0482 e. The van der Waals surface area contributed by atoms with Crippen molar-refractivity contribution in [3.05, 3.63) is 0 Å². The molecule has 0 aromatic rings. The molecule has 0 fully saturated rings. The zero-order valence-electron chi connectivity index (χ0n) is 16.7. The molecule has 0 aromatic carbocycles. The fourth-order valence-electron chi connectivity index (χ4n) is 3.23. The van der Waals surface area contributed by atoms with E-state index in [1.165, 1.54) is 109 Å². The molecular formula is C22H46O. The first kappa shape index (κ1) is 23.0. The van der Waals surface area contributed by atoms with Crippen LogP contribution in [0.4, 0.5) is 0 Å². The molecule has 0 unspecified atom stereocenters. The number of aliphatic hydroxyl groups is 1. The molecular weight excluding hydrogens is 280 g/mol. The number of hydrogen-bond acceptors (Lipinski definition) is 1. The van der Waals surface area contributed by atoms with E-state index in [2.05, 4.69) is 20.8 Å². The molecule has 0 spiro atoms. The van der Waals surface area contributed by atoms with Gasteiger partial charge >= 0.3 is 0 Å². The highest BCUT2D eigenvalue weighted by molar-refractivity contribution is 4.66. The molecule has 1 N–H and O–H groups in total. The second-order valence-corrected chi connectivity index (χ2v) is 8.38. The largest absolute Gasteiger partial charge is 0.396 e. The fourth-order valence-corrected chi connectivity index (χ4v) is 3.23. The molecule has 0 aliphatic carbocycles. The molecule has 140 valence electrons. The average Bonchev–Trinajstić information content (AvgIpc) is 2.54. The first-order chi connectivity index (χ1) is 11.1. The molecule has 1 heteroatoms. The van der Waals surface area contributed by atoms with Crippen LogP contribution in [0.1, 0.15) is 130 Å². The van der Waals surface area contributed by atoms with Crippen LogP contribution in [-0.2, 0) is 0 Å². The SMILES string of the molecule is CCCCCCCCCCCCCCCCCCC(C)(C)CO. The van der Waals surface area contributed by atoms with Crippen LogP contribution >= 0.6 is 0 Å². The summed E-state index contributed by atoms with van der Waals surface area (Å²) in [6, 6.07) is 0. The summed E-state index contributed by atoms with van der Waals surface area (Å²) in [6.07, 6.45) is 24.0. The van der Waals surface area contributed by atoms with Crippen LogP contribution in [0.3, 0.4) is 0 Å². The predicted molar refractivity (Wildman–Crippen MR) is 105 cm³/mol. The lowest BCUT2D eigenvalue weighted by molar-refractivity contribution is 0.147. The summed E-state index contributed by atoms with van der Waals surface area (Å²) in [5, 5.41) is 9.22. The molecule has 0 rings (SSSR count). The van der Waals surface area contributed by atoms with Crippen molar-refractivity contribution in [2.75, 3.05) is 6.61 Å². The average molecular weight is 327 g/mol. The number of aliphatic hydroxyl groups excluding tert-OH is 1. The molecule has 23 heavy (non-hydrogen) atoms. The standard InChI is InChI=1S/C22H46O/c1-4-5-6-7-8-9-10-11-12-13-14-15-16-17-18-19-20-22(2,3)21-23/h23H,4-21H2,1-3H3. The third-order valence-corrected chi connectivity index (χ3v) is 5.14. The summed E-state index contributed by atoms with van der Waals surface area (Å²) >= 11 is 0. The van der Waals surface area contributed by atoms with Gasteiger partial charge in [0.15, 0.2) is 0 Å². The zero-order valence-corrected chi connectivity index (χ0v) is 16.7. The van der Waals surface area contributed by atoms with Gasteiger partial charge in [0.2, 0.25) is 0 Å². The minimum atomic E-state index is 0.135. The van der Waals surface area contributed by atoms with Crippen LogP contribution in [0.2, 0.25) is 0 Å². The van der Waals surface area contributed by atoms with Crippen molar-refractivity contribution >= 4 is 0 Å². The van der Waals surface area contributed by atoms with Crippen molar-refractivity contribution in [2.24, 2.45) is 5.41 Å². The summed E-state index contributed by atoms with van der Waals surface area (Å²) in [7, 11) is 0. The Morgan fingerprint density at radius 2 is 0.826 bits per heavy atom. The van der Waals surface area contributed by atoms with E-state index in [-0.39, 0.29) is 5.41 Å². The minimum Gasteiger partial charge on any atom is -0.396 e. The van der Waals surface area contributed by atoms with Gasteiger partial charge in [0, 0.05) is 6.61 Å². The smallest absolute Gasteiger partial charge is 0.0482 e. The Kier molecular flexibility index (Phi) is 16.8. The summed E-state index contributed by atoms with van der Waals surface area (Å²) in [5.41, 5.74) is 0.135. The Morgan fingerprint density at radius 1 is 0.522 bits per heavy atom. The summed E-state index contributed by atoms with van der Waals surface area (Å²) in [5.74, 6) is 0. The van der Waals surface area contributed by atoms with Crippen molar-refractivity contribution in [1.29, 1.82) is 0 Å². The molecule has 0 aliphatic rings. The van der Waals surface area contributed by atoms with Gasteiger partial charge in [-0.15, -0.1) is 0 Å². The van der Waals surface area contributed by atoms with E-state index in [1.54, 1.807) is 0 Å². The normalized spacial score (nSPS) is 12.0. The van der Waals surface area contributed by atoms with Gasteiger partial charge in [-0.05, 0) is 11.8 Å². The van der Waals surface area contributed by atoms with E-state index in [0.29, 0.717) is 6.61 Å². The van der Waals surface area contributed by atoms with Crippen LogP contribution in [0.25, 0.3) is 0 Å².